The number of nitrogens with one attached hydrogen (secondary N) is 1. The molecule has 4 rings (SSSR count). The fourth-order valence-electron chi connectivity index (χ4n) is 4.34. The van der Waals surface area contributed by atoms with Crippen molar-refractivity contribution in [3.63, 3.8) is 0 Å². The maximum atomic E-state index is 6.11. The lowest BCUT2D eigenvalue weighted by molar-refractivity contribution is 0.0887. The number of halogens is 1. The second-order valence-electron chi connectivity index (χ2n) is 7.52. The lowest BCUT2D eigenvalue weighted by Gasteiger charge is -2.39. The summed E-state index contributed by atoms with van der Waals surface area (Å²) in [4.78, 5) is 2.73. The van der Waals surface area contributed by atoms with Crippen molar-refractivity contribution in [2.45, 2.75) is 51.0 Å². The van der Waals surface area contributed by atoms with Crippen LogP contribution in [0.15, 0.2) is 12.1 Å². The minimum absolute atomic E-state index is 0.557. The second-order valence-corrected chi connectivity index (χ2v) is 8.68. The number of rotatable bonds is 4. The molecule has 1 saturated heterocycles. The number of nitrogens with two attached hydrogens (primary N) is 1. The number of likely N-dealkylation sites (tertiary alicyclic amines) is 1. The van der Waals surface area contributed by atoms with Crippen molar-refractivity contribution in [1.29, 1.82) is 0 Å². The predicted molar refractivity (Wildman–Crippen MR) is 110 cm³/mol. The number of hydrogen-bond donors (Lipinski definition) is 2. The molecule has 1 aliphatic carbocycles. The van der Waals surface area contributed by atoms with E-state index < -0.39 is 0 Å². The number of H-pyrrole nitrogens is 1. The Kier molecular flexibility index (Phi) is 5.36. The third kappa shape index (κ3) is 3.89. The van der Waals surface area contributed by atoms with E-state index in [9.17, 15) is 0 Å². The number of aromatic nitrogens is 2. The lowest BCUT2D eigenvalue weighted by atomic mass is 9.90. The SMILES string of the molecule is Nc1n[nH]c2cc(OCC3CCN(C4CCCCC4)CC3)cc(I)c12. The minimum atomic E-state index is 0.557. The van der Waals surface area contributed by atoms with Crippen LogP contribution in [0.2, 0.25) is 0 Å². The molecule has 5 nitrogen and oxygen atoms in total. The van der Waals surface area contributed by atoms with Gasteiger partial charge in [0.1, 0.15) is 5.75 Å². The third-order valence-electron chi connectivity index (χ3n) is 5.84. The highest BCUT2D eigenvalue weighted by Gasteiger charge is 2.26. The quantitative estimate of drug-likeness (QED) is 0.681. The summed E-state index contributed by atoms with van der Waals surface area (Å²) in [5.74, 6) is 2.14. The number of nitrogens with zero attached hydrogens (tertiary/aromatic N) is 2. The number of hydrogen-bond acceptors (Lipinski definition) is 4. The maximum Gasteiger partial charge on any atom is 0.154 e. The van der Waals surface area contributed by atoms with Crippen molar-refractivity contribution >= 4 is 39.3 Å². The van der Waals surface area contributed by atoms with Crippen LogP contribution in [0.1, 0.15) is 44.9 Å². The molecule has 0 unspecified atom stereocenters. The number of ether oxygens (including phenoxy) is 1. The molecule has 6 heteroatoms. The topological polar surface area (TPSA) is 67.2 Å². The largest absolute Gasteiger partial charge is 0.493 e. The minimum Gasteiger partial charge on any atom is -0.493 e. The highest BCUT2D eigenvalue weighted by Crippen LogP contribution is 2.30. The van der Waals surface area contributed by atoms with Crippen LogP contribution in [0.4, 0.5) is 5.82 Å². The van der Waals surface area contributed by atoms with Crippen molar-refractivity contribution in [3.05, 3.63) is 15.7 Å². The number of aromatic amines is 1. The summed E-state index contributed by atoms with van der Waals surface area (Å²) in [6.45, 7) is 3.29. The van der Waals surface area contributed by atoms with Crippen molar-refractivity contribution in [2.75, 3.05) is 25.4 Å². The van der Waals surface area contributed by atoms with Gasteiger partial charge in [0.15, 0.2) is 5.82 Å². The molecule has 0 amide bonds. The molecule has 0 spiro atoms. The Morgan fingerprint density at radius 2 is 1.92 bits per heavy atom. The normalized spacial score (nSPS) is 21.0. The van der Waals surface area contributed by atoms with Crippen molar-refractivity contribution < 1.29 is 4.74 Å². The van der Waals surface area contributed by atoms with Gasteiger partial charge in [-0.3, -0.25) is 5.10 Å². The van der Waals surface area contributed by atoms with Crippen molar-refractivity contribution in [3.8, 4) is 5.75 Å². The van der Waals surface area contributed by atoms with Gasteiger partial charge in [0.2, 0.25) is 0 Å². The Balaban J connectivity index is 1.30. The molecule has 136 valence electrons. The van der Waals surface area contributed by atoms with E-state index in [4.69, 9.17) is 10.5 Å². The van der Waals surface area contributed by atoms with Gasteiger partial charge in [0.25, 0.3) is 0 Å². The Hall–Kier alpha value is -1.02. The van der Waals surface area contributed by atoms with Gasteiger partial charge in [-0.05, 0) is 73.3 Å². The molecule has 2 heterocycles. The van der Waals surface area contributed by atoms with Gasteiger partial charge in [0.05, 0.1) is 17.5 Å². The first-order valence-corrected chi connectivity index (χ1v) is 10.6. The maximum absolute atomic E-state index is 6.11. The van der Waals surface area contributed by atoms with E-state index in [2.05, 4.69) is 43.8 Å². The van der Waals surface area contributed by atoms with Crippen LogP contribution in [0, 0.1) is 9.49 Å². The summed E-state index contributed by atoms with van der Waals surface area (Å²) in [6.07, 6.45) is 9.62. The predicted octanol–water partition coefficient (Wildman–Crippen LogP) is 4.17. The number of piperidine rings is 1. The standard InChI is InChI=1S/C19H27IN4O/c20-16-10-15(11-17-18(16)19(21)23-22-17)25-12-13-6-8-24(9-7-13)14-4-2-1-3-5-14/h10-11,13-14H,1-9,12H2,(H3,21,22,23). The number of benzene rings is 1. The fourth-order valence-corrected chi connectivity index (χ4v) is 5.21. The van der Waals surface area contributed by atoms with E-state index in [1.165, 1.54) is 58.0 Å². The van der Waals surface area contributed by atoms with E-state index in [1.807, 2.05) is 6.07 Å². The van der Waals surface area contributed by atoms with Gasteiger partial charge in [-0.15, -0.1) is 0 Å². The highest BCUT2D eigenvalue weighted by atomic mass is 127. The Labute approximate surface area is 162 Å². The van der Waals surface area contributed by atoms with Gasteiger partial charge in [-0.1, -0.05) is 19.3 Å². The number of anilines is 1. The lowest BCUT2D eigenvalue weighted by Crippen LogP contribution is -2.43. The molecule has 3 N–H and O–H groups in total. The first kappa shape index (κ1) is 17.4. The molecule has 1 saturated carbocycles. The zero-order chi connectivity index (χ0) is 17.2. The zero-order valence-corrected chi connectivity index (χ0v) is 16.8. The first-order chi connectivity index (χ1) is 12.2. The fraction of sp³-hybridized carbons (Fsp3) is 0.632. The van der Waals surface area contributed by atoms with Gasteiger partial charge in [0, 0.05) is 15.7 Å². The zero-order valence-electron chi connectivity index (χ0n) is 14.6. The van der Waals surface area contributed by atoms with Crippen LogP contribution < -0.4 is 10.5 Å². The van der Waals surface area contributed by atoms with Crippen LogP contribution in [0.3, 0.4) is 0 Å². The summed E-state index contributed by atoms with van der Waals surface area (Å²) in [5.41, 5.74) is 6.85. The Bertz CT molecular complexity index is 718. The van der Waals surface area contributed by atoms with Gasteiger partial charge in [-0.25, -0.2) is 0 Å². The molecule has 2 fully saturated rings. The van der Waals surface area contributed by atoms with E-state index in [0.717, 1.165) is 32.9 Å². The molecule has 1 aromatic carbocycles. The molecular weight excluding hydrogens is 427 g/mol. The smallest absolute Gasteiger partial charge is 0.154 e. The highest BCUT2D eigenvalue weighted by molar-refractivity contribution is 14.1. The van der Waals surface area contributed by atoms with E-state index in [1.54, 1.807) is 0 Å². The molecule has 0 radical (unpaired) electrons. The molecule has 2 aliphatic rings. The molecule has 25 heavy (non-hydrogen) atoms. The van der Waals surface area contributed by atoms with Crippen LogP contribution in [0.25, 0.3) is 10.9 Å². The summed E-state index contributed by atoms with van der Waals surface area (Å²) in [6, 6.07) is 4.93. The summed E-state index contributed by atoms with van der Waals surface area (Å²) < 4.78 is 7.20. The summed E-state index contributed by atoms with van der Waals surface area (Å²) >= 11 is 2.30. The Morgan fingerprint density at radius 1 is 1.16 bits per heavy atom. The molecule has 1 aromatic heterocycles. The monoisotopic (exact) mass is 454 g/mol. The van der Waals surface area contributed by atoms with E-state index >= 15 is 0 Å². The van der Waals surface area contributed by atoms with Crippen LogP contribution >= 0.6 is 22.6 Å². The van der Waals surface area contributed by atoms with Crippen LogP contribution in [-0.2, 0) is 0 Å². The molecule has 0 atom stereocenters. The first-order valence-electron chi connectivity index (χ1n) is 9.50. The number of nitrogen functional groups attached to an aromatic ring is 1. The third-order valence-corrected chi connectivity index (χ3v) is 6.69. The molecule has 2 aromatic rings. The molecule has 0 bridgehead atoms. The van der Waals surface area contributed by atoms with Gasteiger partial charge >= 0.3 is 0 Å². The average Bonchev–Trinajstić information content (AvgIpc) is 3.02. The van der Waals surface area contributed by atoms with Crippen LogP contribution in [0.5, 0.6) is 5.75 Å². The average molecular weight is 454 g/mol. The van der Waals surface area contributed by atoms with Crippen LogP contribution in [-0.4, -0.2) is 40.8 Å². The van der Waals surface area contributed by atoms with Crippen molar-refractivity contribution in [1.82, 2.24) is 15.1 Å². The summed E-state index contributed by atoms with van der Waals surface area (Å²) in [7, 11) is 0. The molecular formula is C19H27IN4O. The van der Waals surface area contributed by atoms with E-state index in [0.29, 0.717) is 11.7 Å². The Morgan fingerprint density at radius 3 is 2.68 bits per heavy atom. The molecule has 1 aliphatic heterocycles. The van der Waals surface area contributed by atoms with E-state index in [-0.39, 0.29) is 0 Å². The summed E-state index contributed by atoms with van der Waals surface area (Å²) in [5, 5.41) is 8.06. The second kappa shape index (κ2) is 7.70. The number of fused-ring (bicyclic) bond motifs is 1. The van der Waals surface area contributed by atoms with Crippen molar-refractivity contribution in [2.24, 2.45) is 5.92 Å². The van der Waals surface area contributed by atoms with Gasteiger partial charge in [-0.2, -0.15) is 5.10 Å². The van der Waals surface area contributed by atoms with Gasteiger partial charge < -0.3 is 15.4 Å².